The molecule has 4 aromatic rings. The lowest BCUT2D eigenvalue weighted by Crippen LogP contribution is -2.29. The molecule has 0 amide bonds. The van der Waals surface area contributed by atoms with Crippen molar-refractivity contribution in [1.29, 1.82) is 0 Å². The lowest BCUT2D eigenvalue weighted by Gasteiger charge is -2.24. The fourth-order valence-corrected chi connectivity index (χ4v) is 4.22. The highest BCUT2D eigenvalue weighted by molar-refractivity contribution is 7.77. The Morgan fingerprint density at radius 2 is 1.97 bits per heavy atom. The first kappa shape index (κ1) is 20.9. The molecule has 3 aromatic heterocycles. The fraction of sp³-hybridized carbons (Fsp3) is 0.333. The SMILES string of the molecule is O=S(O)NCc1cc(-c2cn3ncccc3n2)cc(-c2noc(CN3CCCCC3)n2)c1. The molecular weight excluding hydrogens is 430 g/mol. The van der Waals surface area contributed by atoms with Crippen LogP contribution in [-0.4, -0.2) is 51.5 Å². The average Bonchev–Trinajstić information content (AvgIpc) is 3.45. The number of piperidine rings is 1. The molecule has 0 radical (unpaired) electrons. The predicted octanol–water partition coefficient (Wildman–Crippen LogP) is 2.66. The van der Waals surface area contributed by atoms with Gasteiger partial charge in [-0.25, -0.2) is 18.4 Å². The Kier molecular flexibility index (Phi) is 6.04. The van der Waals surface area contributed by atoms with Crippen LogP contribution in [0.3, 0.4) is 0 Å². The number of nitrogens with zero attached hydrogens (tertiary/aromatic N) is 6. The second-order valence-electron chi connectivity index (χ2n) is 7.79. The lowest BCUT2D eigenvalue weighted by atomic mass is 10.0. The van der Waals surface area contributed by atoms with Crippen LogP contribution >= 0.6 is 0 Å². The summed E-state index contributed by atoms with van der Waals surface area (Å²) in [7, 11) is 0. The molecule has 32 heavy (non-hydrogen) atoms. The van der Waals surface area contributed by atoms with E-state index in [1.807, 2.05) is 36.5 Å². The predicted molar refractivity (Wildman–Crippen MR) is 118 cm³/mol. The Hall–Kier alpha value is -2.99. The van der Waals surface area contributed by atoms with Crippen molar-refractivity contribution in [1.82, 2.24) is 34.4 Å². The molecule has 1 saturated heterocycles. The van der Waals surface area contributed by atoms with Crippen molar-refractivity contribution in [3.8, 4) is 22.6 Å². The Morgan fingerprint density at radius 3 is 2.78 bits per heavy atom. The highest BCUT2D eigenvalue weighted by Crippen LogP contribution is 2.27. The van der Waals surface area contributed by atoms with Crippen molar-refractivity contribution >= 4 is 16.9 Å². The van der Waals surface area contributed by atoms with Gasteiger partial charge in [-0.05, 0) is 61.8 Å². The van der Waals surface area contributed by atoms with Gasteiger partial charge >= 0.3 is 0 Å². The standard InChI is InChI=1S/C21H23N7O3S/c29-32(30)23-12-15-9-16(18-13-28-19(24-18)5-4-6-22-28)11-17(10-15)21-25-20(31-26-21)14-27-7-2-1-3-8-27/h4-6,9-11,13,23H,1-3,7-8,12,14H2,(H,29,30). The van der Waals surface area contributed by atoms with Gasteiger partial charge in [-0.2, -0.15) is 10.1 Å². The van der Waals surface area contributed by atoms with Crippen molar-refractivity contribution < 1.29 is 13.3 Å². The van der Waals surface area contributed by atoms with Crippen LogP contribution in [0, 0.1) is 0 Å². The van der Waals surface area contributed by atoms with Crippen molar-refractivity contribution in [2.45, 2.75) is 32.4 Å². The first-order valence-corrected chi connectivity index (χ1v) is 11.6. The van der Waals surface area contributed by atoms with Gasteiger partial charge in [0, 0.05) is 23.9 Å². The molecular formula is C21H23N7O3S. The molecule has 0 saturated carbocycles. The molecule has 1 atom stereocenters. The third-order valence-electron chi connectivity index (χ3n) is 5.46. The molecule has 1 aromatic carbocycles. The van der Waals surface area contributed by atoms with Gasteiger partial charge < -0.3 is 4.52 Å². The van der Waals surface area contributed by atoms with E-state index in [-0.39, 0.29) is 6.54 Å². The zero-order valence-corrected chi connectivity index (χ0v) is 18.2. The molecule has 4 heterocycles. The minimum absolute atomic E-state index is 0.202. The maximum atomic E-state index is 11.1. The zero-order valence-electron chi connectivity index (χ0n) is 17.3. The highest BCUT2D eigenvalue weighted by Gasteiger charge is 2.17. The number of imidazole rings is 1. The van der Waals surface area contributed by atoms with Crippen LogP contribution in [0.25, 0.3) is 28.3 Å². The molecule has 2 N–H and O–H groups in total. The number of fused-ring (bicyclic) bond motifs is 1. The van der Waals surface area contributed by atoms with E-state index in [1.165, 1.54) is 19.3 Å². The molecule has 1 fully saturated rings. The van der Waals surface area contributed by atoms with Crippen LogP contribution in [0.5, 0.6) is 0 Å². The van der Waals surface area contributed by atoms with Gasteiger partial charge in [-0.15, -0.1) is 0 Å². The van der Waals surface area contributed by atoms with E-state index in [4.69, 9.17) is 9.08 Å². The van der Waals surface area contributed by atoms with Gasteiger partial charge in [-0.1, -0.05) is 11.6 Å². The van der Waals surface area contributed by atoms with E-state index < -0.39 is 11.3 Å². The number of hydrogen-bond acceptors (Lipinski definition) is 7. The largest absolute Gasteiger partial charge is 0.338 e. The Balaban J connectivity index is 1.47. The van der Waals surface area contributed by atoms with E-state index in [0.717, 1.165) is 41.1 Å². The van der Waals surface area contributed by atoms with E-state index in [0.29, 0.717) is 18.3 Å². The summed E-state index contributed by atoms with van der Waals surface area (Å²) >= 11 is -2.12. The second-order valence-corrected chi connectivity index (χ2v) is 8.58. The Labute approximate surface area is 187 Å². The zero-order chi connectivity index (χ0) is 21.9. The molecule has 1 unspecified atom stereocenters. The van der Waals surface area contributed by atoms with Crippen LogP contribution in [0.1, 0.15) is 30.7 Å². The van der Waals surface area contributed by atoms with E-state index in [9.17, 15) is 4.21 Å². The summed E-state index contributed by atoms with van der Waals surface area (Å²) in [5, 5.41) is 8.46. The number of nitrogens with one attached hydrogen (secondary N) is 1. The molecule has 166 valence electrons. The van der Waals surface area contributed by atoms with Crippen LogP contribution in [0.4, 0.5) is 0 Å². The van der Waals surface area contributed by atoms with E-state index >= 15 is 0 Å². The number of rotatable bonds is 7. The molecule has 0 spiro atoms. The first-order chi connectivity index (χ1) is 15.6. The molecule has 1 aliphatic rings. The van der Waals surface area contributed by atoms with Gasteiger partial charge in [0.05, 0.1) is 18.4 Å². The minimum Gasteiger partial charge on any atom is -0.338 e. The van der Waals surface area contributed by atoms with Crippen molar-refractivity contribution in [3.05, 3.63) is 54.2 Å². The highest BCUT2D eigenvalue weighted by atomic mass is 32.2. The van der Waals surface area contributed by atoms with Crippen molar-refractivity contribution in [2.75, 3.05) is 13.1 Å². The Morgan fingerprint density at radius 1 is 1.12 bits per heavy atom. The van der Waals surface area contributed by atoms with E-state index in [2.05, 4.69) is 29.8 Å². The molecule has 5 rings (SSSR count). The maximum absolute atomic E-state index is 11.1. The molecule has 1 aliphatic heterocycles. The quantitative estimate of drug-likeness (QED) is 0.410. The summed E-state index contributed by atoms with van der Waals surface area (Å²) in [6, 6.07) is 9.45. The number of benzene rings is 1. The number of likely N-dealkylation sites (tertiary alicyclic amines) is 1. The fourth-order valence-electron chi connectivity index (χ4n) is 3.93. The summed E-state index contributed by atoms with van der Waals surface area (Å²) in [6.07, 6.45) is 7.20. The topological polar surface area (TPSA) is 122 Å². The van der Waals surface area contributed by atoms with Gasteiger partial charge in [0.25, 0.3) is 0 Å². The van der Waals surface area contributed by atoms with Gasteiger partial charge in [0.2, 0.25) is 23.0 Å². The molecule has 11 heteroatoms. The molecule has 10 nitrogen and oxygen atoms in total. The summed E-state index contributed by atoms with van der Waals surface area (Å²) in [4.78, 5) is 11.6. The lowest BCUT2D eigenvalue weighted by molar-refractivity contribution is 0.193. The van der Waals surface area contributed by atoms with E-state index in [1.54, 1.807) is 10.7 Å². The first-order valence-electron chi connectivity index (χ1n) is 10.5. The summed E-state index contributed by atoms with van der Waals surface area (Å²) < 4.78 is 30.0. The Bertz CT molecular complexity index is 1220. The third kappa shape index (κ3) is 4.75. The van der Waals surface area contributed by atoms with Crippen LogP contribution < -0.4 is 4.72 Å². The summed E-state index contributed by atoms with van der Waals surface area (Å²) in [5.41, 5.74) is 3.84. The van der Waals surface area contributed by atoms with Crippen LogP contribution in [0.2, 0.25) is 0 Å². The van der Waals surface area contributed by atoms with Crippen LogP contribution in [0.15, 0.2) is 47.2 Å². The van der Waals surface area contributed by atoms with Crippen molar-refractivity contribution in [2.24, 2.45) is 0 Å². The second kappa shape index (κ2) is 9.25. The smallest absolute Gasteiger partial charge is 0.241 e. The monoisotopic (exact) mass is 453 g/mol. The van der Waals surface area contributed by atoms with Gasteiger partial charge in [-0.3, -0.25) is 9.45 Å². The van der Waals surface area contributed by atoms with Crippen molar-refractivity contribution in [3.63, 3.8) is 0 Å². The molecule has 0 bridgehead atoms. The third-order valence-corrected chi connectivity index (χ3v) is 5.85. The van der Waals surface area contributed by atoms with Crippen LogP contribution in [-0.2, 0) is 24.4 Å². The minimum atomic E-state index is -2.12. The average molecular weight is 454 g/mol. The molecule has 0 aliphatic carbocycles. The summed E-state index contributed by atoms with van der Waals surface area (Å²) in [6.45, 7) is 2.93. The summed E-state index contributed by atoms with van der Waals surface area (Å²) in [5.74, 6) is 1.06. The number of aromatic nitrogens is 5. The van der Waals surface area contributed by atoms with Gasteiger partial charge in [0.1, 0.15) is 0 Å². The normalized spacial score (nSPS) is 15.9. The van der Waals surface area contributed by atoms with Gasteiger partial charge in [0.15, 0.2) is 5.65 Å². The maximum Gasteiger partial charge on any atom is 0.241 e. The number of hydrogen-bond donors (Lipinski definition) is 2.